The molecule has 0 amide bonds. The van der Waals surface area contributed by atoms with E-state index in [1.807, 2.05) is 36.8 Å². The van der Waals surface area contributed by atoms with Crippen LogP contribution >= 0.6 is 0 Å². The second-order valence-corrected chi connectivity index (χ2v) is 3.92. The molecule has 0 bridgehead atoms. The largest absolute Gasteiger partial charge is 0.287 e. The first-order valence-electron chi connectivity index (χ1n) is 5.76. The van der Waals surface area contributed by atoms with Crippen LogP contribution in [-0.4, -0.2) is 14.5 Å². The van der Waals surface area contributed by atoms with Gasteiger partial charge in [-0.1, -0.05) is 31.2 Å². The van der Waals surface area contributed by atoms with Gasteiger partial charge in [-0.3, -0.25) is 4.57 Å². The molecular weight excluding hydrogens is 210 g/mol. The van der Waals surface area contributed by atoms with Crippen LogP contribution in [0.3, 0.4) is 0 Å². The molecule has 84 valence electrons. The first-order valence-corrected chi connectivity index (χ1v) is 5.76. The average Bonchev–Trinajstić information content (AvgIpc) is 2.86. The SMILES string of the molecule is CCc1nccn1-c1nccc2ccccc12. The number of pyridine rings is 1. The van der Waals surface area contributed by atoms with E-state index in [2.05, 4.69) is 33.6 Å². The van der Waals surface area contributed by atoms with Gasteiger partial charge in [0.2, 0.25) is 0 Å². The van der Waals surface area contributed by atoms with E-state index in [0.29, 0.717) is 0 Å². The van der Waals surface area contributed by atoms with Crippen LogP contribution in [-0.2, 0) is 6.42 Å². The Balaban J connectivity index is 2.31. The minimum absolute atomic E-state index is 0.901. The Morgan fingerprint density at radius 2 is 1.94 bits per heavy atom. The highest BCUT2D eigenvalue weighted by atomic mass is 15.1. The van der Waals surface area contributed by atoms with Crippen molar-refractivity contribution in [1.82, 2.24) is 14.5 Å². The highest BCUT2D eigenvalue weighted by Crippen LogP contribution is 2.20. The van der Waals surface area contributed by atoms with Crippen molar-refractivity contribution < 1.29 is 0 Å². The van der Waals surface area contributed by atoms with Gasteiger partial charge in [0, 0.05) is 30.4 Å². The topological polar surface area (TPSA) is 30.7 Å². The fraction of sp³-hybridized carbons (Fsp3) is 0.143. The molecule has 3 nitrogen and oxygen atoms in total. The van der Waals surface area contributed by atoms with E-state index in [-0.39, 0.29) is 0 Å². The van der Waals surface area contributed by atoms with Gasteiger partial charge in [0.15, 0.2) is 0 Å². The number of benzene rings is 1. The Morgan fingerprint density at radius 1 is 1.06 bits per heavy atom. The molecule has 0 radical (unpaired) electrons. The molecule has 0 N–H and O–H groups in total. The van der Waals surface area contributed by atoms with Crippen molar-refractivity contribution in [2.45, 2.75) is 13.3 Å². The quantitative estimate of drug-likeness (QED) is 0.668. The zero-order chi connectivity index (χ0) is 11.7. The predicted molar refractivity (Wildman–Crippen MR) is 68.2 cm³/mol. The normalized spacial score (nSPS) is 10.9. The molecular formula is C14H13N3. The monoisotopic (exact) mass is 223 g/mol. The van der Waals surface area contributed by atoms with Crippen molar-refractivity contribution in [3.05, 3.63) is 54.7 Å². The third-order valence-corrected chi connectivity index (χ3v) is 2.91. The molecule has 0 spiro atoms. The van der Waals surface area contributed by atoms with Gasteiger partial charge in [-0.2, -0.15) is 0 Å². The number of hydrogen-bond acceptors (Lipinski definition) is 2. The summed E-state index contributed by atoms with van der Waals surface area (Å²) in [4.78, 5) is 8.82. The number of aromatic nitrogens is 3. The van der Waals surface area contributed by atoms with E-state index in [1.54, 1.807) is 0 Å². The van der Waals surface area contributed by atoms with Crippen LogP contribution < -0.4 is 0 Å². The average molecular weight is 223 g/mol. The first-order chi connectivity index (χ1) is 8.40. The number of hydrogen-bond donors (Lipinski definition) is 0. The van der Waals surface area contributed by atoms with Gasteiger partial charge in [-0.25, -0.2) is 9.97 Å². The smallest absolute Gasteiger partial charge is 0.145 e. The zero-order valence-corrected chi connectivity index (χ0v) is 9.67. The third-order valence-electron chi connectivity index (χ3n) is 2.91. The van der Waals surface area contributed by atoms with Gasteiger partial charge in [-0.15, -0.1) is 0 Å². The fourth-order valence-corrected chi connectivity index (χ4v) is 2.08. The van der Waals surface area contributed by atoms with Gasteiger partial charge < -0.3 is 0 Å². The zero-order valence-electron chi connectivity index (χ0n) is 9.67. The van der Waals surface area contributed by atoms with Crippen LogP contribution in [0, 0.1) is 0 Å². The Labute approximate surface area is 99.8 Å². The summed E-state index contributed by atoms with van der Waals surface area (Å²) < 4.78 is 2.06. The van der Waals surface area contributed by atoms with Crippen LogP contribution in [0.25, 0.3) is 16.6 Å². The number of nitrogens with zero attached hydrogens (tertiary/aromatic N) is 3. The molecule has 0 saturated carbocycles. The molecule has 3 aromatic rings. The second kappa shape index (κ2) is 4.01. The van der Waals surface area contributed by atoms with Gasteiger partial charge in [0.1, 0.15) is 11.6 Å². The van der Waals surface area contributed by atoms with E-state index < -0.39 is 0 Å². The molecule has 1 aromatic carbocycles. The Kier molecular flexibility index (Phi) is 2.37. The Bertz CT molecular complexity index is 650. The maximum Gasteiger partial charge on any atom is 0.145 e. The summed E-state index contributed by atoms with van der Waals surface area (Å²) in [6.45, 7) is 2.10. The van der Waals surface area contributed by atoms with Crippen molar-refractivity contribution in [2.24, 2.45) is 0 Å². The van der Waals surface area contributed by atoms with Crippen LogP contribution in [0.4, 0.5) is 0 Å². The summed E-state index contributed by atoms with van der Waals surface area (Å²) in [5, 5.41) is 2.36. The molecule has 2 aromatic heterocycles. The molecule has 0 aliphatic rings. The summed E-state index contributed by atoms with van der Waals surface area (Å²) in [5.74, 6) is 1.99. The summed E-state index contributed by atoms with van der Waals surface area (Å²) in [5.41, 5.74) is 0. The van der Waals surface area contributed by atoms with E-state index >= 15 is 0 Å². The van der Waals surface area contributed by atoms with E-state index in [9.17, 15) is 0 Å². The van der Waals surface area contributed by atoms with Crippen molar-refractivity contribution in [1.29, 1.82) is 0 Å². The molecule has 0 unspecified atom stereocenters. The van der Waals surface area contributed by atoms with Gasteiger partial charge in [0.05, 0.1) is 0 Å². The van der Waals surface area contributed by atoms with Crippen molar-refractivity contribution in [3.63, 3.8) is 0 Å². The molecule has 2 heterocycles. The number of fused-ring (bicyclic) bond motifs is 1. The first kappa shape index (κ1) is 10.0. The molecule has 3 rings (SSSR count). The predicted octanol–water partition coefficient (Wildman–Crippen LogP) is 2.98. The highest BCUT2D eigenvalue weighted by Gasteiger charge is 2.07. The highest BCUT2D eigenvalue weighted by molar-refractivity contribution is 5.88. The standard InChI is InChI=1S/C14H13N3/c1-2-13-15-9-10-17(13)14-12-6-4-3-5-11(12)7-8-16-14/h3-10H,2H2,1H3. The van der Waals surface area contributed by atoms with Gasteiger partial charge >= 0.3 is 0 Å². The maximum absolute atomic E-state index is 4.48. The fourth-order valence-electron chi connectivity index (χ4n) is 2.08. The van der Waals surface area contributed by atoms with Crippen LogP contribution in [0.5, 0.6) is 0 Å². The van der Waals surface area contributed by atoms with Crippen LogP contribution in [0.1, 0.15) is 12.7 Å². The lowest BCUT2D eigenvalue weighted by Crippen LogP contribution is -2.02. The van der Waals surface area contributed by atoms with Gasteiger partial charge in [-0.05, 0) is 11.5 Å². The number of rotatable bonds is 2. The number of imidazole rings is 1. The lowest BCUT2D eigenvalue weighted by molar-refractivity contribution is 0.874. The van der Waals surface area contributed by atoms with Crippen molar-refractivity contribution >= 4 is 10.8 Å². The summed E-state index contributed by atoms with van der Waals surface area (Å²) in [7, 11) is 0. The summed E-state index contributed by atoms with van der Waals surface area (Å²) >= 11 is 0. The minimum Gasteiger partial charge on any atom is -0.287 e. The van der Waals surface area contributed by atoms with Gasteiger partial charge in [0.25, 0.3) is 0 Å². The molecule has 3 heteroatoms. The minimum atomic E-state index is 0.901. The Hall–Kier alpha value is -2.16. The number of aryl methyl sites for hydroxylation is 1. The lowest BCUT2D eigenvalue weighted by atomic mass is 10.1. The van der Waals surface area contributed by atoms with E-state index in [1.165, 1.54) is 5.39 Å². The maximum atomic E-state index is 4.48. The van der Waals surface area contributed by atoms with Crippen LogP contribution in [0.15, 0.2) is 48.9 Å². The summed E-state index contributed by atoms with van der Waals surface area (Å²) in [6.07, 6.45) is 6.53. The van der Waals surface area contributed by atoms with E-state index in [0.717, 1.165) is 23.4 Å². The molecule has 0 fully saturated rings. The molecule has 0 aliphatic carbocycles. The molecule has 0 atom stereocenters. The lowest BCUT2D eigenvalue weighted by Gasteiger charge is -2.08. The third kappa shape index (κ3) is 1.60. The molecule has 0 aliphatic heterocycles. The van der Waals surface area contributed by atoms with Crippen molar-refractivity contribution in [2.75, 3.05) is 0 Å². The van der Waals surface area contributed by atoms with E-state index in [4.69, 9.17) is 0 Å². The second-order valence-electron chi connectivity index (χ2n) is 3.92. The van der Waals surface area contributed by atoms with Crippen molar-refractivity contribution in [3.8, 4) is 5.82 Å². The molecule has 17 heavy (non-hydrogen) atoms. The summed E-state index contributed by atoms with van der Waals surface area (Å²) in [6, 6.07) is 10.3. The van der Waals surface area contributed by atoms with Crippen LogP contribution in [0.2, 0.25) is 0 Å². The molecule has 0 saturated heterocycles. The Morgan fingerprint density at radius 3 is 2.82 bits per heavy atom.